The molecule has 0 aromatic heterocycles. The highest BCUT2D eigenvalue weighted by Gasteiger charge is 2.06. The van der Waals surface area contributed by atoms with Crippen LogP contribution in [-0.4, -0.2) is 0 Å². The Morgan fingerprint density at radius 3 is 1.31 bits per heavy atom. The zero-order valence-electron chi connectivity index (χ0n) is 9.77. The summed E-state index contributed by atoms with van der Waals surface area (Å²) in [6.45, 7) is 0. The molecule has 0 heterocycles. The fourth-order valence-electron chi connectivity index (χ4n) is 1.65. The first-order valence-electron chi connectivity index (χ1n) is 4.88. The molecule has 0 aliphatic heterocycles. The molecule has 0 saturated carbocycles. The van der Waals surface area contributed by atoms with E-state index in [1.54, 1.807) is 24.3 Å². The minimum absolute atomic E-state index is 0. The van der Waals surface area contributed by atoms with Gasteiger partial charge in [0.05, 0.1) is 0 Å². The second kappa shape index (κ2) is 3.66. The number of hydrogen-bond donors (Lipinski definition) is 4. The van der Waals surface area contributed by atoms with E-state index in [0.29, 0.717) is 22.7 Å². The van der Waals surface area contributed by atoms with E-state index in [0.717, 1.165) is 11.1 Å². The van der Waals surface area contributed by atoms with E-state index < -0.39 is 0 Å². The van der Waals surface area contributed by atoms with E-state index in [-0.39, 0.29) is 1.43 Å². The smallest absolute Gasteiger partial charge is 0.399 e. The molecule has 0 amide bonds. The Morgan fingerprint density at radius 1 is 0.625 bits per heavy atom. The SMILES string of the molecule is Nc1ccc(-c2ccc(N)cc2N)c(N)c1.[H+]. The number of nitrogens with two attached hydrogens (primary N) is 4. The van der Waals surface area contributed by atoms with Crippen LogP contribution in [0.2, 0.25) is 0 Å². The van der Waals surface area contributed by atoms with Crippen LogP contribution >= 0.6 is 0 Å². The molecule has 0 atom stereocenters. The van der Waals surface area contributed by atoms with Gasteiger partial charge in [-0.15, -0.1) is 0 Å². The summed E-state index contributed by atoms with van der Waals surface area (Å²) in [7, 11) is 0. The molecule has 16 heavy (non-hydrogen) atoms. The topological polar surface area (TPSA) is 104 Å². The fraction of sp³-hybridized carbons (Fsp3) is 0. The predicted molar refractivity (Wildman–Crippen MR) is 70.6 cm³/mol. The molecule has 0 fully saturated rings. The van der Waals surface area contributed by atoms with Crippen molar-refractivity contribution in [2.24, 2.45) is 0 Å². The standard InChI is InChI=1S/C12H14N4/c13-7-1-3-9(11(15)5-7)10-4-2-8(14)6-12(10)16/h1-6H,13-16H2/p+1. The highest BCUT2D eigenvalue weighted by atomic mass is 14.6. The lowest BCUT2D eigenvalue weighted by atomic mass is 10.0. The quantitative estimate of drug-likeness (QED) is 0.544. The lowest BCUT2D eigenvalue weighted by Gasteiger charge is -2.10. The molecule has 4 heteroatoms. The van der Waals surface area contributed by atoms with E-state index in [4.69, 9.17) is 22.9 Å². The van der Waals surface area contributed by atoms with Crippen LogP contribution in [0.4, 0.5) is 22.7 Å². The molecule has 0 aliphatic rings. The van der Waals surface area contributed by atoms with Crippen LogP contribution in [0.1, 0.15) is 1.43 Å². The van der Waals surface area contributed by atoms with Crippen LogP contribution in [0.5, 0.6) is 0 Å². The summed E-state index contributed by atoms with van der Waals surface area (Å²) >= 11 is 0. The first-order valence-corrected chi connectivity index (χ1v) is 4.88. The van der Waals surface area contributed by atoms with E-state index in [1.165, 1.54) is 0 Å². The number of benzene rings is 2. The second-order valence-electron chi connectivity index (χ2n) is 3.69. The largest absolute Gasteiger partial charge is 1.00 e. The number of hydrogen-bond acceptors (Lipinski definition) is 4. The Morgan fingerprint density at radius 2 is 1.00 bits per heavy atom. The summed E-state index contributed by atoms with van der Waals surface area (Å²) in [5.41, 5.74) is 27.3. The number of anilines is 4. The maximum atomic E-state index is 5.89. The predicted octanol–water partition coefficient (Wildman–Crippen LogP) is 1.79. The van der Waals surface area contributed by atoms with Gasteiger partial charge in [-0.2, -0.15) is 0 Å². The molecule has 4 nitrogen and oxygen atoms in total. The van der Waals surface area contributed by atoms with Crippen molar-refractivity contribution >= 4 is 22.7 Å². The van der Waals surface area contributed by atoms with Gasteiger partial charge in [0.2, 0.25) is 0 Å². The summed E-state index contributed by atoms with van der Waals surface area (Å²) in [6, 6.07) is 10.7. The highest BCUT2D eigenvalue weighted by Crippen LogP contribution is 2.32. The highest BCUT2D eigenvalue weighted by molar-refractivity contribution is 5.86. The normalized spacial score (nSPS) is 10.2. The van der Waals surface area contributed by atoms with Gasteiger partial charge in [-0.3, -0.25) is 0 Å². The maximum Gasteiger partial charge on any atom is 1.00 e. The van der Waals surface area contributed by atoms with Crippen molar-refractivity contribution in [2.45, 2.75) is 0 Å². The average molecular weight is 215 g/mol. The Hall–Kier alpha value is -2.36. The van der Waals surface area contributed by atoms with Crippen molar-refractivity contribution in [3.63, 3.8) is 0 Å². The molecule has 2 rings (SSSR count). The minimum atomic E-state index is 0. The van der Waals surface area contributed by atoms with Crippen LogP contribution in [0.25, 0.3) is 11.1 Å². The van der Waals surface area contributed by atoms with Gasteiger partial charge in [0, 0.05) is 33.9 Å². The first-order chi connectivity index (χ1) is 7.58. The zero-order valence-corrected chi connectivity index (χ0v) is 8.77. The molecular formula is C12H15N4+. The van der Waals surface area contributed by atoms with Crippen molar-refractivity contribution in [1.29, 1.82) is 0 Å². The van der Waals surface area contributed by atoms with Crippen molar-refractivity contribution in [2.75, 3.05) is 22.9 Å². The molecule has 0 spiro atoms. The molecule has 0 saturated heterocycles. The van der Waals surface area contributed by atoms with Gasteiger partial charge in [-0.25, -0.2) is 0 Å². The van der Waals surface area contributed by atoms with Gasteiger partial charge in [-0.05, 0) is 24.3 Å². The Balaban J connectivity index is 0.00000144. The first kappa shape index (κ1) is 10.2. The van der Waals surface area contributed by atoms with Crippen LogP contribution in [0, 0.1) is 0 Å². The third kappa shape index (κ3) is 1.72. The lowest BCUT2D eigenvalue weighted by molar-refractivity contribution is 1.59. The van der Waals surface area contributed by atoms with Crippen LogP contribution < -0.4 is 22.9 Å². The summed E-state index contributed by atoms with van der Waals surface area (Å²) in [5, 5.41) is 0. The Bertz CT molecular complexity index is 491. The molecule has 0 radical (unpaired) electrons. The summed E-state index contributed by atoms with van der Waals surface area (Å²) in [6.07, 6.45) is 0. The average Bonchev–Trinajstić information content (AvgIpc) is 2.19. The van der Waals surface area contributed by atoms with Gasteiger partial charge in [-0.1, -0.05) is 12.1 Å². The molecule has 0 aliphatic carbocycles. The fourth-order valence-corrected chi connectivity index (χ4v) is 1.65. The third-order valence-electron chi connectivity index (χ3n) is 2.44. The molecule has 2 aromatic rings. The third-order valence-corrected chi connectivity index (χ3v) is 2.44. The molecule has 8 N–H and O–H groups in total. The van der Waals surface area contributed by atoms with Crippen LogP contribution in [0.15, 0.2) is 36.4 Å². The van der Waals surface area contributed by atoms with Crippen molar-refractivity contribution in [3.8, 4) is 11.1 Å². The van der Waals surface area contributed by atoms with Crippen LogP contribution in [0.3, 0.4) is 0 Å². The van der Waals surface area contributed by atoms with E-state index >= 15 is 0 Å². The molecule has 0 bridgehead atoms. The minimum Gasteiger partial charge on any atom is -0.399 e. The van der Waals surface area contributed by atoms with Crippen LogP contribution in [-0.2, 0) is 0 Å². The summed E-state index contributed by atoms with van der Waals surface area (Å²) in [4.78, 5) is 0. The van der Waals surface area contributed by atoms with Gasteiger partial charge in [0.1, 0.15) is 0 Å². The van der Waals surface area contributed by atoms with Gasteiger partial charge in [0.25, 0.3) is 0 Å². The summed E-state index contributed by atoms with van der Waals surface area (Å²) in [5.74, 6) is 0. The van der Waals surface area contributed by atoms with Gasteiger partial charge < -0.3 is 22.9 Å². The van der Waals surface area contributed by atoms with E-state index in [9.17, 15) is 0 Å². The molecule has 2 aromatic carbocycles. The zero-order chi connectivity index (χ0) is 11.7. The molecular weight excluding hydrogens is 200 g/mol. The van der Waals surface area contributed by atoms with Gasteiger partial charge in [0.15, 0.2) is 0 Å². The summed E-state index contributed by atoms with van der Waals surface area (Å²) < 4.78 is 0. The van der Waals surface area contributed by atoms with E-state index in [2.05, 4.69) is 0 Å². The molecule has 0 unspecified atom stereocenters. The number of nitrogen functional groups attached to an aromatic ring is 4. The Kier molecular flexibility index (Phi) is 2.32. The van der Waals surface area contributed by atoms with Crippen molar-refractivity contribution in [1.82, 2.24) is 0 Å². The maximum absolute atomic E-state index is 5.89. The molecule has 82 valence electrons. The van der Waals surface area contributed by atoms with Gasteiger partial charge >= 0.3 is 1.43 Å². The lowest BCUT2D eigenvalue weighted by Crippen LogP contribution is -1.97. The van der Waals surface area contributed by atoms with Crippen molar-refractivity contribution in [3.05, 3.63) is 36.4 Å². The van der Waals surface area contributed by atoms with E-state index in [1.807, 2.05) is 12.1 Å². The number of rotatable bonds is 1. The monoisotopic (exact) mass is 215 g/mol. The second-order valence-corrected chi connectivity index (χ2v) is 3.69. The Labute approximate surface area is 95.3 Å². The van der Waals surface area contributed by atoms with Crippen molar-refractivity contribution < 1.29 is 1.43 Å².